The van der Waals surface area contributed by atoms with E-state index in [0.29, 0.717) is 11.3 Å². The Labute approximate surface area is 122 Å². The van der Waals surface area contributed by atoms with Crippen molar-refractivity contribution in [2.75, 3.05) is 0 Å². The van der Waals surface area contributed by atoms with E-state index in [1.165, 1.54) is 11.1 Å². The van der Waals surface area contributed by atoms with Crippen LogP contribution in [-0.2, 0) is 0 Å². The third-order valence-electron chi connectivity index (χ3n) is 2.91. The summed E-state index contributed by atoms with van der Waals surface area (Å²) in [5.74, 6) is 0.361. The first kappa shape index (κ1) is 14.5. The van der Waals surface area contributed by atoms with Gasteiger partial charge in [0.2, 0.25) is 0 Å². The molecule has 4 nitrogen and oxygen atoms in total. The molecule has 2 rings (SSSR count). The van der Waals surface area contributed by atoms with Crippen LogP contribution in [0.15, 0.2) is 34.0 Å². The molecule has 5 heteroatoms. The Hall–Kier alpha value is -1.88. The number of carbonyl (C=O) groups is 1. The van der Waals surface area contributed by atoms with Crippen LogP contribution in [0.4, 0.5) is 0 Å². The lowest BCUT2D eigenvalue weighted by molar-refractivity contribution is 0.0953. The van der Waals surface area contributed by atoms with Crippen molar-refractivity contribution < 1.29 is 9.21 Å². The van der Waals surface area contributed by atoms with Gasteiger partial charge in [-0.1, -0.05) is 13.3 Å². The van der Waals surface area contributed by atoms with Gasteiger partial charge in [0, 0.05) is 4.88 Å². The Morgan fingerprint density at radius 2 is 2.15 bits per heavy atom. The molecule has 0 fully saturated rings. The third-order valence-corrected chi connectivity index (χ3v) is 3.96. The van der Waals surface area contributed by atoms with E-state index in [1.54, 1.807) is 24.3 Å². The molecule has 0 atom stereocenters. The van der Waals surface area contributed by atoms with Crippen molar-refractivity contribution in [2.45, 2.75) is 33.6 Å². The van der Waals surface area contributed by atoms with E-state index < -0.39 is 0 Å². The number of carbonyl (C=O) groups excluding carboxylic acids is 1. The Bertz CT molecular complexity index is 625. The smallest absolute Gasteiger partial charge is 0.274 e. The Morgan fingerprint density at radius 1 is 1.35 bits per heavy atom. The van der Waals surface area contributed by atoms with Gasteiger partial charge in [-0.05, 0) is 38.5 Å². The van der Waals surface area contributed by atoms with Crippen LogP contribution in [0, 0.1) is 13.8 Å². The molecule has 20 heavy (non-hydrogen) atoms. The largest absolute Gasteiger partial charge is 0.469 e. The van der Waals surface area contributed by atoms with E-state index in [4.69, 9.17) is 4.42 Å². The minimum atomic E-state index is -0.238. The number of hydrazone groups is 1. The van der Waals surface area contributed by atoms with Crippen LogP contribution in [0.1, 0.15) is 45.6 Å². The molecule has 0 radical (unpaired) electrons. The minimum absolute atomic E-state index is 0.238. The van der Waals surface area contributed by atoms with Gasteiger partial charge in [-0.2, -0.15) is 5.10 Å². The monoisotopic (exact) mass is 290 g/mol. The molecule has 0 saturated heterocycles. The quantitative estimate of drug-likeness (QED) is 0.671. The van der Waals surface area contributed by atoms with Crippen LogP contribution < -0.4 is 5.43 Å². The van der Waals surface area contributed by atoms with E-state index in [1.807, 2.05) is 6.07 Å². The highest BCUT2D eigenvalue weighted by Crippen LogP contribution is 2.18. The molecule has 2 heterocycles. The molecule has 1 amide bonds. The van der Waals surface area contributed by atoms with Crippen molar-refractivity contribution in [1.82, 2.24) is 5.43 Å². The lowest BCUT2D eigenvalue weighted by Gasteiger charge is -2.03. The average molecular weight is 290 g/mol. The topological polar surface area (TPSA) is 54.6 Å². The Morgan fingerprint density at radius 3 is 2.70 bits per heavy atom. The number of rotatable bonds is 5. The molecule has 106 valence electrons. The van der Waals surface area contributed by atoms with Gasteiger partial charge >= 0.3 is 0 Å². The van der Waals surface area contributed by atoms with Crippen molar-refractivity contribution in [1.29, 1.82) is 0 Å². The molecule has 0 unspecified atom stereocenters. The van der Waals surface area contributed by atoms with Crippen molar-refractivity contribution in [3.8, 4) is 0 Å². The summed E-state index contributed by atoms with van der Waals surface area (Å²) >= 11 is 1.69. The van der Waals surface area contributed by atoms with Gasteiger partial charge in [0.05, 0.1) is 22.4 Å². The summed E-state index contributed by atoms with van der Waals surface area (Å²) in [7, 11) is 0. The minimum Gasteiger partial charge on any atom is -0.469 e. The van der Waals surface area contributed by atoms with Gasteiger partial charge in [-0.15, -0.1) is 11.3 Å². The molecule has 2 aromatic rings. The number of furan rings is 1. The summed E-state index contributed by atoms with van der Waals surface area (Å²) in [5, 5.41) is 4.28. The molecule has 0 spiro atoms. The number of aryl methyl sites for hydroxylation is 2. The Kier molecular flexibility index (Phi) is 4.74. The average Bonchev–Trinajstić information content (AvgIpc) is 3.03. The zero-order valence-electron chi connectivity index (χ0n) is 11.9. The predicted molar refractivity (Wildman–Crippen MR) is 81.4 cm³/mol. The van der Waals surface area contributed by atoms with Gasteiger partial charge in [0.15, 0.2) is 0 Å². The number of thiophene rings is 1. The number of nitrogens with zero attached hydrogens (tertiary/aromatic N) is 1. The molecule has 2 aromatic heterocycles. The van der Waals surface area contributed by atoms with Crippen molar-refractivity contribution in [3.05, 3.63) is 45.5 Å². The fourth-order valence-corrected chi connectivity index (χ4v) is 2.74. The molecule has 0 aromatic carbocycles. The highest BCUT2D eigenvalue weighted by Gasteiger charge is 2.12. The molecule has 0 aliphatic carbocycles. The highest BCUT2D eigenvalue weighted by atomic mass is 32.1. The van der Waals surface area contributed by atoms with E-state index in [2.05, 4.69) is 30.4 Å². The predicted octanol–water partition coefficient (Wildman–Crippen LogP) is 3.89. The maximum absolute atomic E-state index is 12.0. The second-order valence-corrected chi connectivity index (χ2v) is 5.84. The molecule has 0 aliphatic heterocycles. The number of amides is 1. The number of hydrogen-bond acceptors (Lipinski definition) is 4. The summed E-state index contributed by atoms with van der Waals surface area (Å²) in [6, 6.07) is 5.76. The first-order chi connectivity index (χ1) is 9.61. The molecule has 1 N–H and O–H groups in total. The van der Waals surface area contributed by atoms with Crippen LogP contribution in [0.25, 0.3) is 0 Å². The normalized spacial score (nSPS) is 11.7. The van der Waals surface area contributed by atoms with Crippen molar-refractivity contribution in [3.63, 3.8) is 0 Å². The first-order valence-electron chi connectivity index (χ1n) is 6.59. The van der Waals surface area contributed by atoms with Crippen LogP contribution in [0.2, 0.25) is 0 Å². The molecule has 0 saturated carbocycles. The summed E-state index contributed by atoms with van der Waals surface area (Å²) in [5.41, 5.74) is 4.05. The van der Waals surface area contributed by atoms with Crippen LogP contribution in [0.5, 0.6) is 0 Å². The zero-order chi connectivity index (χ0) is 14.5. The van der Waals surface area contributed by atoms with E-state index in [-0.39, 0.29) is 5.91 Å². The maximum atomic E-state index is 12.0. The summed E-state index contributed by atoms with van der Waals surface area (Å²) in [6.07, 6.45) is 3.32. The zero-order valence-corrected chi connectivity index (χ0v) is 12.7. The Balaban J connectivity index is 2.14. The van der Waals surface area contributed by atoms with Crippen LogP contribution >= 0.6 is 11.3 Å². The van der Waals surface area contributed by atoms with Gasteiger partial charge in [0.25, 0.3) is 5.91 Å². The molecular formula is C15H18N2O2S. The number of hydrogen-bond donors (Lipinski definition) is 1. The molecule has 0 bridgehead atoms. The van der Waals surface area contributed by atoms with Gasteiger partial charge < -0.3 is 4.42 Å². The molecule has 0 aliphatic rings. The van der Waals surface area contributed by atoms with Gasteiger partial charge in [-0.3, -0.25) is 4.79 Å². The number of nitrogens with one attached hydrogen (secondary N) is 1. The standard InChI is InChI=1S/C15H18N2O2S/c1-4-5-13(14-7-6-10(2)20-14)16-17-15(18)12-8-9-19-11(12)3/h6-9H,4-5H2,1-3H3,(H,17,18)/b16-13+. The fourth-order valence-electron chi connectivity index (χ4n) is 1.86. The summed E-state index contributed by atoms with van der Waals surface area (Å²) in [6.45, 7) is 5.91. The summed E-state index contributed by atoms with van der Waals surface area (Å²) in [4.78, 5) is 14.3. The second kappa shape index (κ2) is 6.52. The third kappa shape index (κ3) is 3.36. The van der Waals surface area contributed by atoms with Gasteiger partial charge in [0.1, 0.15) is 5.76 Å². The highest BCUT2D eigenvalue weighted by molar-refractivity contribution is 7.14. The van der Waals surface area contributed by atoms with Crippen LogP contribution in [-0.4, -0.2) is 11.6 Å². The van der Waals surface area contributed by atoms with Crippen molar-refractivity contribution in [2.24, 2.45) is 5.10 Å². The lowest BCUT2D eigenvalue weighted by atomic mass is 10.2. The molecular weight excluding hydrogens is 272 g/mol. The van der Waals surface area contributed by atoms with Gasteiger partial charge in [-0.25, -0.2) is 5.43 Å². The lowest BCUT2D eigenvalue weighted by Crippen LogP contribution is -2.20. The van der Waals surface area contributed by atoms with Crippen molar-refractivity contribution >= 4 is 23.0 Å². The maximum Gasteiger partial charge on any atom is 0.274 e. The second-order valence-electron chi connectivity index (χ2n) is 4.55. The van der Waals surface area contributed by atoms with E-state index in [0.717, 1.165) is 23.4 Å². The summed E-state index contributed by atoms with van der Waals surface area (Å²) < 4.78 is 5.12. The van der Waals surface area contributed by atoms with Crippen LogP contribution in [0.3, 0.4) is 0 Å². The van der Waals surface area contributed by atoms with E-state index >= 15 is 0 Å². The SMILES string of the molecule is CCC/C(=N\NC(=O)c1ccoc1C)c1ccc(C)s1. The first-order valence-corrected chi connectivity index (χ1v) is 7.41. The van der Waals surface area contributed by atoms with E-state index in [9.17, 15) is 4.79 Å². The fraction of sp³-hybridized carbons (Fsp3) is 0.333.